The van der Waals surface area contributed by atoms with E-state index in [9.17, 15) is 4.21 Å². The average molecular weight is 317 g/mol. The van der Waals surface area contributed by atoms with Gasteiger partial charge in [0, 0.05) is 45.0 Å². The van der Waals surface area contributed by atoms with Crippen LogP contribution in [-0.4, -0.2) is 33.5 Å². The van der Waals surface area contributed by atoms with Crippen LogP contribution in [0, 0.1) is 0 Å². The van der Waals surface area contributed by atoms with E-state index >= 15 is 0 Å². The molecule has 0 bridgehead atoms. The van der Waals surface area contributed by atoms with E-state index in [1.165, 1.54) is 0 Å². The van der Waals surface area contributed by atoms with Crippen molar-refractivity contribution in [1.82, 2.24) is 0 Å². The first kappa shape index (κ1) is 16.5. The van der Waals surface area contributed by atoms with Gasteiger partial charge in [-0.2, -0.15) is 0 Å². The van der Waals surface area contributed by atoms with Gasteiger partial charge in [-0.25, -0.2) is 0 Å². The molecule has 0 aliphatic carbocycles. The minimum atomic E-state index is -0.759. The first-order valence-electron chi connectivity index (χ1n) is 5.99. The van der Waals surface area contributed by atoms with Crippen molar-refractivity contribution in [2.24, 2.45) is 5.73 Å². The van der Waals surface area contributed by atoms with Gasteiger partial charge in [-0.15, -0.1) is 11.8 Å². The second-order valence-electron chi connectivity index (χ2n) is 4.36. The number of thioether (sulfide) groups is 1. The van der Waals surface area contributed by atoms with Crippen LogP contribution in [0.5, 0.6) is 0 Å². The molecule has 0 saturated carbocycles. The van der Waals surface area contributed by atoms with Crippen molar-refractivity contribution in [2.75, 3.05) is 23.6 Å². The zero-order valence-electron chi connectivity index (χ0n) is 11.4. The number of hydrogen-bond acceptors (Lipinski definition) is 4. The predicted molar refractivity (Wildman–Crippen MR) is 90.7 cm³/mol. The first-order chi connectivity index (χ1) is 8.95. The number of nitrogens with two attached hydrogens (primary N) is 1. The van der Waals surface area contributed by atoms with Gasteiger partial charge in [0.25, 0.3) is 0 Å². The molecule has 1 aromatic rings. The molecule has 0 saturated heterocycles. The van der Waals surface area contributed by atoms with Crippen LogP contribution in [0.25, 0.3) is 0 Å². The Morgan fingerprint density at radius 1 is 1.58 bits per heavy atom. The molecule has 0 aromatic heterocycles. The molecule has 0 aliphatic rings. The Morgan fingerprint density at radius 2 is 2.26 bits per heavy atom. The quantitative estimate of drug-likeness (QED) is 0.598. The van der Waals surface area contributed by atoms with Gasteiger partial charge < -0.3 is 11.1 Å². The molecule has 1 rings (SSSR count). The number of nitrogens with one attached hydrogen (secondary N) is 1. The summed E-state index contributed by atoms with van der Waals surface area (Å²) in [5.41, 5.74) is 7.67. The second kappa shape index (κ2) is 7.87. The summed E-state index contributed by atoms with van der Waals surface area (Å²) in [6, 6.07) is 6.21. The van der Waals surface area contributed by atoms with E-state index < -0.39 is 10.8 Å². The molecule has 106 valence electrons. The van der Waals surface area contributed by atoms with Crippen molar-refractivity contribution in [3.63, 3.8) is 0 Å². The first-order valence-corrected chi connectivity index (χ1v) is 9.35. The van der Waals surface area contributed by atoms with E-state index in [1.807, 2.05) is 24.5 Å². The summed E-state index contributed by atoms with van der Waals surface area (Å²) in [6.45, 7) is 2.07. The van der Waals surface area contributed by atoms with E-state index in [0.29, 0.717) is 10.7 Å². The van der Waals surface area contributed by atoms with Gasteiger partial charge in [0.15, 0.2) is 0 Å². The molecule has 0 fully saturated rings. The van der Waals surface area contributed by atoms with Gasteiger partial charge in [0.05, 0.1) is 0 Å². The standard InChI is InChI=1S/C13H20N2OS3/c1-9(7-8-19(3)16)15-10-5-4-6-11(18-2)12(10)13(14)17/h4-6,9,15H,7-8H2,1-3H3,(H2,14,17). The Balaban J connectivity index is 2.88. The zero-order chi connectivity index (χ0) is 14.4. The molecule has 0 amide bonds. The topological polar surface area (TPSA) is 55.1 Å². The molecule has 0 radical (unpaired) electrons. The van der Waals surface area contributed by atoms with Crippen LogP contribution >= 0.6 is 24.0 Å². The Kier molecular flexibility index (Phi) is 6.82. The summed E-state index contributed by atoms with van der Waals surface area (Å²) in [7, 11) is -0.759. The molecule has 3 nitrogen and oxygen atoms in total. The summed E-state index contributed by atoms with van der Waals surface area (Å²) in [6.07, 6.45) is 4.58. The minimum absolute atomic E-state index is 0.231. The van der Waals surface area contributed by atoms with E-state index in [0.717, 1.165) is 22.6 Å². The lowest BCUT2D eigenvalue weighted by molar-refractivity contribution is 0.678. The number of thiocarbonyl (C=S) groups is 1. The van der Waals surface area contributed by atoms with Crippen LogP contribution in [0.3, 0.4) is 0 Å². The lowest BCUT2D eigenvalue weighted by Gasteiger charge is -2.19. The highest BCUT2D eigenvalue weighted by Gasteiger charge is 2.12. The number of rotatable bonds is 7. The van der Waals surface area contributed by atoms with Crippen molar-refractivity contribution in [3.05, 3.63) is 23.8 Å². The summed E-state index contributed by atoms with van der Waals surface area (Å²) >= 11 is 6.77. The largest absolute Gasteiger partial charge is 0.389 e. The van der Waals surface area contributed by atoms with Crippen molar-refractivity contribution in [3.8, 4) is 0 Å². The van der Waals surface area contributed by atoms with Gasteiger partial charge in [0.2, 0.25) is 0 Å². The van der Waals surface area contributed by atoms with Crippen molar-refractivity contribution in [2.45, 2.75) is 24.3 Å². The smallest absolute Gasteiger partial charge is 0.107 e. The molecule has 1 aromatic carbocycles. The number of hydrogen-bond donors (Lipinski definition) is 2. The highest BCUT2D eigenvalue weighted by Crippen LogP contribution is 2.27. The number of anilines is 1. The monoisotopic (exact) mass is 316 g/mol. The SMILES string of the molecule is CSc1cccc(NC(C)CCS(C)=O)c1C(N)=S. The lowest BCUT2D eigenvalue weighted by Crippen LogP contribution is -2.21. The second-order valence-corrected chi connectivity index (χ2v) is 7.20. The van der Waals surface area contributed by atoms with Crippen LogP contribution in [0.1, 0.15) is 18.9 Å². The minimum Gasteiger partial charge on any atom is -0.389 e. The third kappa shape index (κ3) is 5.12. The van der Waals surface area contributed by atoms with E-state index in [4.69, 9.17) is 18.0 Å². The fourth-order valence-corrected chi connectivity index (χ4v) is 3.36. The molecule has 19 heavy (non-hydrogen) atoms. The summed E-state index contributed by atoms with van der Waals surface area (Å²) < 4.78 is 11.1. The molecule has 2 unspecified atom stereocenters. The third-order valence-electron chi connectivity index (χ3n) is 2.73. The average Bonchev–Trinajstić information content (AvgIpc) is 2.35. The molecule has 6 heteroatoms. The van der Waals surface area contributed by atoms with Crippen molar-refractivity contribution >= 4 is 45.5 Å². The highest BCUT2D eigenvalue weighted by molar-refractivity contribution is 7.98. The normalized spacial score (nSPS) is 13.8. The fraction of sp³-hybridized carbons (Fsp3) is 0.462. The predicted octanol–water partition coefficient (Wildman–Crippen LogP) is 2.61. The van der Waals surface area contributed by atoms with E-state index in [1.54, 1.807) is 18.0 Å². The molecular weight excluding hydrogens is 296 g/mol. The van der Waals surface area contributed by atoms with Crippen LogP contribution in [-0.2, 0) is 10.8 Å². The molecule has 3 N–H and O–H groups in total. The maximum atomic E-state index is 11.1. The van der Waals surface area contributed by atoms with Crippen LogP contribution in [0.2, 0.25) is 0 Å². The zero-order valence-corrected chi connectivity index (χ0v) is 13.9. The molecule has 0 aliphatic heterocycles. The van der Waals surface area contributed by atoms with Crippen LogP contribution in [0.15, 0.2) is 23.1 Å². The van der Waals surface area contributed by atoms with Gasteiger partial charge in [0.1, 0.15) is 4.99 Å². The van der Waals surface area contributed by atoms with Gasteiger partial charge in [-0.3, -0.25) is 4.21 Å². The molecule has 2 atom stereocenters. The Labute approximate surface area is 127 Å². The van der Waals surface area contributed by atoms with Crippen molar-refractivity contribution < 1.29 is 4.21 Å². The molecular formula is C13H20N2OS3. The van der Waals surface area contributed by atoms with Crippen LogP contribution < -0.4 is 11.1 Å². The molecule has 0 heterocycles. The molecule has 0 spiro atoms. The summed E-state index contributed by atoms with van der Waals surface area (Å²) in [5.74, 6) is 0.693. The Morgan fingerprint density at radius 3 is 2.79 bits per heavy atom. The summed E-state index contributed by atoms with van der Waals surface area (Å²) in [4.78, 5) is 1.47. The Hall–Kier alpha value is -0.590. The van der Waals surface area contributed by atoms with Gasteiger partial charge >= 0.3 is 0 Å². The van der Waals surface area contributed by atoms with Gasteiger partial charge in [-0.1, -0.05) is 18.3 Å². The van der Waals surface area contributed by atoms with E-state index in [2.05, 4.69) is 12.2 Å². The van der Waals surface area contributed by atoms with Crippen molar-refractivity contribution in [1.29, 1.82) is 0 Å². The Bertz CT molecular complexity index is 477. The lowest BCUT2D eigenvalue weighted by atomic mass is 10.1. The maximum absolute atomic E-state index is 11.1. The third-order valence-corrected chi connectivity index (χ3v) is 4.53. The van der Waals surface area contributed by atoms with Crippen LogP contribution in [0.4, 0.5) is 5.69 Å². The maximum Gasteiger partial charge on any atom is 0.107 e. The highest BCUT2D eigenvalue weighted by atomic mass is 32.2. The fourth-order valence-electron chi connectivity index (χ4n) is 1.76. The van der Waals surface area contributed by atoms with E-state index in [-0.39, 0.29) is 6.04 Å². The number of benzene rings is 1. The summed E-state index contributed by atoms with van der Waals surface area (Å²) in [5, 5.41) is 3.41. The van der Waals surface area contributed by atoms with Gasteiger partial charge in [-0.05, 0) is 31.7 Å².